The van der Waals surface area contributed by atoms with Gasteiger partial charge in [0.1, 0.15) is 11.5 Å². The zero-order valence-corrected chi connectivity index (χ0v) is 36.2. The van der Waals surface area contributed by atoms with E-state index in [1.54, 1.807) is 48.5 Å². The van der Waals surface area contributed by atoms with Crippen LogP contribution in [-0.4, -0.2) is 101 Å². The fraction of sp³-hybridized carbons (Fsp3) is 0.381. The Bertz CT molecular complexity index is 2650. The first-order valence-corrected chi connectivity index (χ1v) is 23.3. The van der Waals surface area contributed by atoms with Crippen LogP contribution in [0.5, 0.6) is 0 Å². The number of para-hydroxylation sites is 1. The van der Waals surface area contributed by atoms with E-state index in [4.69, 9.17) is 10.0 Å². The smallest absolute Gasteiger partial charge is 0.423 e. The quantitative estimate of drug-likeness (QED) is 0.0757. The average molecular weight is 939 g/mol. The SMILES string of the molecule is C.C.CNS(=O)(=O)c1ccc(NC2CCCCC2)c(-c2nn[nH]n2)c1.CNS(=O)(=O)c1ccc(NC2CCCCC2)c(-c2nnn(-c3ccccc3F)n2)c1.OB(O)c1ccccc1F. The minimum Gasteiger partial charge on any atom is -0.423 e. The number of benzene rings is 4. The van der Waals surface area contributed by atoms with Gasteiger partial charge in [-0.2, -0.15) is 5.21 Å². The van der Waals surface area contributed by atoms with Gasteiger partial charge < -0.3 is 20.7 Å². The third-order valence-corrected chi connectivity index (χ3v) is 13.4. The fourth-order valence-electron chi connectivity index (χ4n) is 7.17. The molecule has 0 atom stereocenters. The van der Waals surface area contributed by atoms with E-state index in [2.05, 4.69) is 56.1 Å². The Morgan fingerprint density at radius 1 is 0.662 bits per heavy atom. The van der Waals surface area contributed by atoms with Crippen LogP contribution in [0, 0.1) is 11.6 Å². The molecule has 0 radical (unpaired) electrons. The zero-order valence-electron chi connectivity index (χ0n) is 34.6. The van der Waals surface area contributed by atoms with E-state index in [1.165, 1.54) is 76.2 Å². The Kier molecular flexibility index (Phi) is 19.2. The maximum absolute atomic E-state index is 14.1. The first-order valence-electron chi connectivity index (χ1n) is 20.4. The lowest BCUT2D eigenvalue weighted by molar-refractivity contribution is 0.423. The molecule has 0 unspecified atom stereocenters. The molecule has 0 spiro atoms. The number of hydrogen-bond donors (Lipinski definition) is 7. The lowest BCUT2D eigenvalue weighted by Crippen LogP contribution is -2.32. The highest BCUT2D eigenvalue weighted by Crippen LogP contribution is 2.33. The van der Waals surface area contributed by atoms with E-state index in [1.807, 2.05) is 0 Å². The number of sulfonamides is 2. The van der Waals surface area contributed by atoms with E-state index in [-0.39, 0.29) is 41.6 Å². The van der Waals surface area contributed by atoms with Crippen molar-refractivity contribution in [2.24, 2.45) is 0 Å². The molecular weight excluding hydrogens is 881 g/mol. The van der Waals surface area contributed by atoms with Gasteiger partial charge in [-0.15, -0.1) is 25.2 Å². The molecule has 4 aromatic carbocycles. The molecule has 2 aromatic heterocycles. The second-order valence-electron chi connectivity index (χ2n) is 14.8. The molecule has 0 amide bonds. The van der Waals surface area contributed by atoms with Crippen molar-refractivity contribution >= 4 is 44.0 Å². The van der Waals surface area contributed by atoms with Crippen LogP contribution in [0.3, 0.4) is 0 Å². The summed E-state index contributed by atoms with van der Waals surface area (Å²) in [5.41, 5.74) is 2.75. The second kappa shape index (κ2) is 24.0. The molecule has 6 aromatic rings. The van der Waals surface area contributed by atoms with Crippen molar-refractivity contribution in [1.82, 2.24) is 50.3 Å². The summed E-state index contributed by atoms with van der Waals surface area (Å²) in [5.74, 6) is -0.493. The van der Waals surface area contributed by atoms with Gasteiger partial charge >= 0.3 is 7.12 Å². The number of rotatable bonds is 12. The third-order valence-electron chi connectivity index (χ3n) is 10.6. The number of aromatic amines is 1. The van der Waals surface area contributed by atoms with Crippen molar-refractivity contribution in [3.8, 4) is 28.5 Å². The number of H-pyrrole nitrogens is 1. The lowest BCUT2D eigenvalue weighted by atomic mass is 9.80. The summed E-state index contributed by atoms with van der Waals surface area (Å²) in [6.07, 6.45) is 11.5. The topological polar surface area (TPSA) is 255 Å². The van der Waals surface area contributed by atoms with Crippen LogP contribution in [0.25, 0.3) is 28.5 Å². The van der Waals surface area contributed by atoms with Crippen molar-refractivity contribution in [3.05, 3.63) is 96.6 Å². The van der Waals surface area contributed by atoms with E-state index in [0.29, 0.717) is 29.0 Å². The zero-order chi connectivity index (χ0) is 45.0. The van der Waals surface area contributed by atoms with E-state index >= 15 is 0 Å². The normalized spacial score (nSPS) is 14.3. The monoisotopic (exact) mass is 938 g/mol. The van der Waals surface area contributed by atoms with Crippen LogP contribution in [0.1, 0.15) is 79.1 Å². The van der Waals surface area contributed by atoms with Crippen LogP contribution in [0.15, 0.2) is 94.7 Å². The van der Waals surface area contributed by atoms with Crippen molar-refractivity contribution in [2.75, 3.05) is 24.7 Å². The summed E-state index contributed by atoms with van der Waals surface area (Å²) in [6.45, 7) is 0. The van der Waals surface area contributed by atoms with Crippen molar-refractivity contribution in [3.63, 3.8) is 0 Å². The molecule has 7 N–H and O–H groups in total. The predicted molar refractivity (Wildman–Crippen MR) is 247 cm³/mol. The predicted octanol–water partition coefficient (Wildman–Crippen LogP) is 5.42. The largest absolute Gasteiger partial charge is 0.491 e. The lowest BCUT2D eigenvalue weighted by Gasteiger charge is -2.25. The number of nitrogens with zero attached hydrogens (tertiary/aromatic N) is 7. The minimum atomic E-state index is -3.65. The summed E-state index contributed by atoms with van der Waals surface area (Å²) >= 11 is 0. The summed E-state index contributed by atoms with van der Waals surface area (Å²) in [6, 6.07) is 22.0. The maximum atomic E-state index is 14.1. The molecule has 0 aliphatic heterocycles. The molecule has 2 aliphatic rings. The first-order chi connectivity index (χ1) is 30.3. The highest BCUT2D eigenvalue weighted by Gasteiger charge is 2.23. The number of halogens is 2. The van der Waals surface area contributed by atoms with Gasteiger partial charge in [-0.05, 0) is 105 Å². The second-order valence-corrected chi connectivity index (χ2v) is 18.5. The van der Waals surface area contributed by atoms with Crippen LogP contribution in [0.2, 0.25) is 0 Å². The van der Waals surface area contributed by atoms with E-state index in [9.17, 15) is 25.6 Å². The fourth-order valence-corrected chi connectivity index (χ4v) is 8.68. The van der Waals surface area contributed by atoms with Crippen LogP contribution in [-0.2, 0) is 20.0 Å². The van der Waals surface area contributed by atoms with E-state index in [0.717, 1.165) is 54.7 Å². The number of anilines is 2. The summed E-state index contributed by atoms with van der Waals surface area (Å²) < 4.78 is 80.0. The van der Waals surface area contributed by atoms with Gasteiger partial charge in [0, 0.05) is 40.0 Å². The van der Waals surface area contributed by atoms with Crippen molar-refractivity contribution in [1.29, 1.82) is 0 Å². The van der Waals surface area contributed by atoms with Gasteiger partial charge in [0.05, 0.1) is 9.79 Å². The molecule has 18 nitrogen and oxygen atoms in total. The molecule has 23 heteroatoms. The average Bonchev–Trinajstić information content (AvgIpc) is 4.02. The molecule has 2 fully saturated rings. The Hall–Kier alpha value is -5.72. The number of aromatic nitrogens is 8. The maximum Gasteiger partial charge on any atom is 0.491 e. The van der Waals surface area contributed by atoms with Crippen LogP contribution in [0.4, 0.5) is 20.2 Å². The van der Waals surface area contributed by atoms with Gasteiger partial charge in [-0.25, -0.2) is 35.1 Å². The van der Waals surface area contributed by atoms with Crippen LogP contribution < -0.4 is 25.5 Å². The molecule has 0 saturated heterocycles. The molecule has 350 valence electrons. The molecule has 65 heavy (non-hydrogen) atoms. The van der Waals surface area contributed by atoms with Gasteiger partial charge in [0.25, 0.3) is 0 Å². The van der Waals surface area contributed by atoms with Gasteiger partial charge in [-0.1, -0.05) is 83.7 Å². The molecular formula is C42H57BF2N12O6S2. The Morgan fingerprint density at radius 3 is 1.60 bits per heavy atom. The van der Waals surface area contributed by atoms with Crippen molar-refractivity contribution in [2.45, 2.75) is 101 Å². The van der Waals surface area contributed by atoms with Gasteiger partial charge in [0.2, 0.25) is 31.7 Å². The standard InChI is InChI=1S/C20H23FN6O2S.C14H20N6O2S.C6H6BFO2.2CH4/c1-22-30(28,29)15-11-12-18(23-14-7-3-2-4-8-14)16(13-15)20-24-26-27(25-20)19-10-6-5-9-17(19)21;1-15-23(21,22)11-7-8-13(16-10-5-3-2-4-6-10)12(9-11)14-17-19-20-18-14;8-6-4-2-1-3-5(6)7(9)10;;/h5-6,9-14,22-23H,2-4,7-8H2,1H3;7-10,15-16H,2-6H2,1H3,(H,17,18,19,20);1-4,9-10H;2*1H4. The number of hydrogen-bond acceptors (Lipinski definition) is 14. The Balaban J connectivity index is 0.000000234. The third kappa shape index (κ3) is 13.7. The number of tetrazole rings is 2. The van der Waals surface area contributed by atoms with E-state index < -0.39 is 38.8 Å². The molecule has 0 bridgehead atoms. The summed E-state index contributed by atoms with van der Waals surface area (Å²) in [7, 11) is -6.15. The van der Waals surface area contributed by atoms with Gasteiger partial charge in [0.15, 0.2) is 5.82 Å². The van der Waals surface area contributed by atoms with Crippen LogP contribution >= 0.6 is 0 Å². The highest BCUT2D eigenvalue weighted by atomic mass is 32.2. The van der Waals surface area contributed by atoms with Crippen molar-refractivity contribution < 1.29 is 35.7 Å². The summed E-state index contributed by atoms with van der Waals surface area (Å²) in [4.78, 5) is 1.37. The Labute approximate surface area is 379 Å². The minimum absolute atomic E-state index is 0. The number of nitrogens with one attached hydrogen (secondary N) is 5. The van der Waals surface area contributed by atoms with Gasteiger partial charge in [-0.3, -0.25) is 0 Å². The molecule has 2 saturated carbocycles. The first kappa shape index (κ1) is 51.9. The highest BCUT2D eigenvalue weighted by molar-refractivity contribution is 7.89. The Morgan fingerprint density at radius 2 is 1.15 bits per heavy atom. The summed E-state index contributed by atoms with van der Waals surface area (Å²) in [5, 5.41) is 50.3. The molecule has 2 aliphatic carbocycles. The molecule has 2 heterocycles. The molecule has 8 rings (SSSR count).